The van der Waals surface area contributed by atoms with E-state index >= 15 is 0 Å². The molecule has 0 amide bonds. The van der Waals surface area contributed by atoms with Gasteiger partial charge in [-0.3, -0.25) is 4.90 Å². The molecule has 0 atom stereocenters. The molecule has 1 aliphatic rings. The fraction of sp³-hybridized carbons (Fsp3) is 0.364. The van der Waals surface area contributed by atoms with E-state index in [-0.39, 0.29) is 0 Å². The van der Waals surface area contributed by atoms with E-state index in [0.717, 1.165) is 61.6 Å². The molecule has 1 fully saturated rings. The van der Waals surface area contributed by atoms with E-state index in [9.17, 15) is 0 Å². The van der Waals surface area contributed by atoms with E-state index in [1.54, 1.807) is 0 Å². The van der Waals surface area contributed by atoms with E-state index in [0.29, 0.717) is 18.1 Å². The first-order chi connectivity index (χ1) is 14.7. The Morgan fingerprint density at radius 2 is 1.83 bits per heavy atom. The summed E-state index contributed by atoms with van der Waals surface area (Å²) in [6, 6.07) is 14.3. The van der Waals surface area contributed by atoms with Crippen LogP contribution in [0.2, 0.25) is 0 Å². The van der Waals surface area contributed by atoms with Crippen LogP contribution in [-0.2, 0) is 17.7 Å². The van der Waals surface area contributed by atoms with Gasteiger partial charge in [0, 0.05) is 25.2 Å². The molecule has 0 saturated carbocycles. The quantitative estimate of drug-likeness (QED) is 0.489. The lowest BCUT2D eigenvalue weighted by molar-refractivity contribution is 0.0360. The van der Waals surface area contributed by atoms with Crippen molar-refractivity contribution in [1.29, 1.82) is 0 Å². The fourth-order valence-electron chi connectivity index (χ4n) is 3.66. The molecule has 0 spiro atoms. The van der Waals surface area contributed by atoms with Crippen molar-refractivity contribution in [2.24, 2.45) is 0 Å². The summed E-state index contributed by atoms with van der Waals surface area (Å²) in [7, 11) is 0. The Bertz CT molecular complexity index is 1130. The first kappa shape index (κ1) is 18.9. The van der Waals surface area contributed by atoms with Crippen molar-refractivity contribution in [3.05, 3.63) is 59.5 Å². The molecule has 8 heteroatoms. The zero-order chi connectivity index (χ0) is 20.3. The predicted octanol–water partition coefficient (Wildman–Crippen LogP) is 2.71. The molecule has 0 bridgehead atoms. The summed E-state index contributed by atoms with van der Waals surface area (Å²) in [4.78, 5) is 6.95. The van der Waals surface area contributed by atoms with Crippen LogP contribution in [0.3, 0.4) is 0 Å². The summed E-state index contributed by atoms with van der Waals surface area (Å²) < 4.78 is 12.8. The molecule has 8 nitrogen and oxygen atoms in total. The number of rotatable bonds is 6. The summed E-state index contributed by atoms with van der Waals surface area (Å²) in [6.45, 7) is 7.37. The Balaban J connectivity index is 1.29. The Morgan fingerprint density at radius 1 is 1.00 bits per heavy atom. The van der Waals surface area contributed by atoms with Crippen LogP contribution >= 0.6 is 0 Å². The third kappa shape index (κ3) is 4.10. The number of benzene rings is 2. The topological polar surface area (TPSA) is 82.1 Å². The maximum Gasteiger partial charge on any atom is 0.231 e. The van der Waals surface area contributed by atoms with Gasteiger partial charge in [-0.25, -0.2) is 4.68 Å². The zero-order valence-electron chi connectivity index (χ0n) is 17.0. The number of aromatic nitrogens is 5. The van der Waals surface area contributed by atoms with Gasteiger partial charge in [0.25, 0.3) is 0 Å². The number of nitrogens with zero attached hydrogens (tertiary/aromatic N) is 6. The number of fused-ring (bicyclic) bond motifs is 1. The molecule has 2 aromatic heterocycles. The van der Waals surface area contributed by atoms with Gasteiger partial charge in [-0.2, -0.15) is 4.98 Å². The van der Waals surface area contributed by atoms with Gasteiger partial charge < -0.3 is 9.26 Å². The Labute approximate surface area is 174 Å². The van der Waals surface area contributed by atoms with Gasteiger partial charge in [-0.05, 0) is 30.7 Å². The first-order valence-electron chi connectivity index (χ1n) is 10.3. The minimum absolute atomic E-state index is 0.571. The van der Waals surface area contributed by atoms with Crippen molar-refractivity contribution in [2.75, 3.05) is 32.8 Å². The number of hydrogen-bond acceptors (Lipinski definition) is 7. The SMILES string of the molecule is Cc1ccc(Cc2nc(-c3ccc4c(c3)nnn4CCN3CCOCC3)no2)cc1. The average Bonchev–Trinajstić information content (AvgIpc) is 3.41. The number of aryl methyl sites for hydroxylation is 1. The van der Waals surface area contributed by atoms with Crippen LogP contribution in [0.1, 0.15) is 17.0 Å². The molecule has 3 heterocycles. The van der Waals surface area contributed by atoms with Gasteiger partial charge in [0.05, 0.1) is 31.7 Å². The van der Waals surface area contributed by atoms with Crippen LogP contribution in [-0.4, -0.2) is 62.9 Å². The van der Waals surface area contributed by atoms with Gasteiger partial charge in [0.2, 0.25) is 11.7 Å². The van der Waals surface area contributed by atoms with Crippen molar-refractivity contribution >= 4 is 11.0 Å². The normalized spacial score (nSPS) is 15.1. The summed E-state index contributed by atoms with van der Waals surface area (Å²) in [5, 5.41) is 12.8. The fourth-order valence-corrected chi connectivity index (χ4v) is 3.66. The van der Waals surface area contributed by atoms with E-state index < -0.39 is 0 Å². The van der Waals surface area contributed by atoms with E-state index in [1.165, 1.54) is 5.56 Å². The van der Waals surface area contributed by atoms with Crippen molar-refractivity contribution in [3.63, 3.8) is 0 Å². The summed E-state index contributed by atoms with van der Waals surface area (Å²) in [5.41, 5.74) is 5.10. The molecule has 154 valence electrons. The van der Waals surface area contributed by atoms with Crippen LogP contribution in [0, 0.1) is 6.92 Å². The van der Waals surface area contributed by atoms with Gasteiger partial charge in [-0.15, -0.1) is 5.10 Å². The second-order valence-electron chi connectivity index (χ2n) is 7.64. The smallest absolute Gasteiger partial charge is 0.231 e. The molecule has 1 aliphatic heterocycles. The van der Waals surface area contributed by atoms with Crippen LogP contribution in [0.25, 0.3) is 22.4 Å². The molecule has 0 N–H and O–H groups in total. The van der Waals surface area contributed by atoms with E-state index in [1.807, 2.05) is 22.9 Å². The summed E-state index contributed by atoms with van der Waals surface area (Å²) >= 11 is 0. The molecule has 0 aliphatic carbocycles. The molecule has 5 rings (SSSR count). The highest BCUT2D eigenvalue weighted by atomic mass is 16.5. The Kier molecular flexibility index (Phi) is 5.25. The lowest BCUT2D eigenvalue weighted by atomic mass is 10.1. The molecule has 0 radical (unpaired) electrons. The number of hydrogen-bond donors (Lipinski definition) is 0. The van der Waals surface area contributed by atoms with Crippen LogP contribution in [0.4, 0.5) is 0 Å². The van der Waals surface area contributed by atoms with Crippen molar-refractivity contribution in [2.45, 2.75) is 19.9 Å². The van der Waals surface area contributed by atoms with Crippen molar-refractivity contribution < 1.29 is 9.26 Å². The predicted molar refractivity (Wildman–Crippen MR) is 112 cm³/mol. The Hall–Kier alpha value is -3.10. The first-order valence-corrected chi connectivity index (χ1v) is 10.3. The van der Waals surface area contributed by atoms with Gasteiger partial charge in [0.15, 0.2) is 0 Å². The summed E-state index contributed by atoms with van der Waals surface area (Å²) in [5.74, 6) is 1.17. The molecule has 1 saturated heterocycles. The largest absolute Gasteiger partial charge is 0.379 e. The third-order valence-corrected chi connectivity index (χ3v) is 5.45. The molecule has 2 aromatic carbocycles. The highest BCUT2D eigenvalue weighted by Crippen LogP contribution is 2.22. The average molecular weight is 404 g/mol. The van der Waals surface area contributed by atoms with Crippen molar-refractivity contribution in [3.8, 4) is 11.4 Å². The van der Waals surface area contributed by atoms with Crippen LogP contribution in [0.5, 0.6) is 0 Å². The monoisotopic (exact) mass is 404 g/mol. The second-order valence-corrected chi connectivity index (χ2v) is 7.64. The molecule has 0 unspecified atom stereocenters. The number of ether oxygens (including phenoxy) is 1. The number of morpholine rings is 1. The third-order valence-electron chi connectivity index (χ3n) is 5.45. The summed E-state index contributed by atoms with van der Waals surface area (Å²) in [6.07, 6.45) is 0.618. The molecule has 30 heavy (non-hydrogen) atoms. The highest BCUT2D eigenvalue weighted by molar-refractivity contribution is 5.79. The lowest BCUT2D eigenvalue weighted by Gasteiger charge is -2.26. The van der Waals surface area contributed by atoms with Gasteiger partial charge in [-0.1, -0.05) is 40.2 Å². The highest BCUT2D eigenvalue weighted by Gasteiger charge is 2.14. The van der Waals surface area contributed by atoms with Gasteiger partial charge >= 0.3 is 0 Å². The molecular formula is C22H24N6O2. The minimum Gasteiger partial charge on any atom is -0.379 e. The minimum atomic E-state index is 0.571. The zero-order valence-corrected chi connectivity index (χ0v) is 17.0. The van der Waals surface area contributed by atoms with E-state index in [2.05, 4.69) is 56.5 Å². The maximum absolute atomic E-state index is 5.46. The lowest BCUT2D eigenvalue weighted by Crippen LogP contribution is -2.38. The maximum atomic E-state index is 5.46. The van der Waals surface area contributed by atoms with Crippen molar-refractivity contribution in [1.82, 2.24) is 30.0 Å². The van der Waals surface area contributed by atoms with Crippen LogP contribution < -0.4 is 0 Å². The Morgan fingerprint density at radius 3 is 2.67 bits per heavy atom. The molecular weight excluding hydrogens is 380 g/mol. The second kappa shape index (κ2) is 8.33. The van der Waals surface area contributed by atoms with Crippen LogP contribution in [0.15, 0.2) is 47.0 Å². The standard InChI is InChI=1S/C22H24N6O2/c1-16-2-4-17(5-3-16)14-21-23-22(25-30-21)18-6-7-20-19(15-18)24-26-28(20)9-8-27-10-12-29-13-11-27/h2-7,15H,8-14H2,1H3. The van der Waals surface area contributed by atoms with Gasteiger partial charge in [0.1, 0.15) is 5.52 Å². The van der Waals surface area contributed by atoms with E-state index in [4.69, 9.17) is 9.26 Å². The molecule has 4 aromatic rings.